The minimum absolute atomic E-state index is 0.0239. The first-order valence-electron chi connectivity index (χ1n) is 8.06. The van der Waals surface area contributed by atoms with Gasteiger partial charge in [-0.1, -0.05) is 18.7 Å². The van der Waals surface area contributed by atoms with Gasteiger partial charge in [-0.3, -0.25) is 0 Å². The van der Waals surface area contributed by atoms with Gasteiger partial charge in [0.15, 0.2) is 23.0 Å². The molecule has 26 heavy (non-hydrogen) atoms. The molecule has 2 aromatic carbocycles. The molecule has 1 aliphatic rings. The third kappa shape index (κ3) is 3.06. The van der Waals surface area contributed by atoms with Crippen LogP contribution in [0.5, 0.6) is 23.0 Å². The molecule has 1 atom stereocenters. The summed E-state index contributed by atoms with van der Waals surface area (Å²) in [5, 5.41) is 19.8. The number of rotatable bonds is 5. The molecule has 0 amide bonds. The van der Waals surface area contributed by atoms with E-state index in [1.54, 1.807) is 36.4 Å². The molecule has 1 saturated heterocycles. The highest BCUT2D eigenvalue weighted by Gasteiger charge is 2.37. The number of methoxy groups -OCH3 is 2. The van der Waals surface area contributed by atoms with Gasteiger partial charge in [0.25, 0.3) is 0 Å². The Morgan fingerprint density at radius 3 is 1.92 bits per heavy atom. The molecule has 136 valence electrons. The number of carbonyl (C=O) groups is 1. The Morgan fingerprint density at radius 2 is 1.54 bits per heavy atom. The predicted molar refractivity (Wildman–Crippen MR) is 94.7 cm³/mol. The summed E-state index contributed by atoms with van der Waals surface area (Å²) in [4.78, 5) is 11.9. The first kappa shape index (κ1) is 17.7. The monoisotopic (exact) mass is 356 g/mol. The molecule has 3 rings (SSSR count). The van der Waals surface area contributed by atoms with Crippen molar-refractivity contribution in [2.24, 2.45) is 5.92 Å². The predicted octanol–water partition coefficient (Wildman–Crippen LogP) is 2.98. The van der Waals surface area contributed by atoms with Crippen molar-refractivity contribution in [1.82, 2.24) is 0 Å². The highest BCUT2D eigenvalue weighted by molar-refractivity contribution is 5.90. The minimum atomic E-state index is -0.420. The van der Waals surface area contributed by atoms with Crippen LogP contribution in [0.4, 0.5) is 0 Å². The maximum atomic E-state index is 11.9. The van der Waals surface area contributed by atoms with E-state index in [4.69, 9.17) is 14.2 Å². The number of hydrogen-bond donors (Lipinski definition) is 2. The normalized spacial score (nSPS) is 16.7. The van der Waals surface area contributed by atoms with Gasteiger partial charge < -0.3 is 24.4 Å². The van der Waals surface area contributed by atoms with E-state index in [9.17, 15) is 15.0 Å². The van der Waals surface area contributed by atoms with E-state index in [0.717, 1.165) is 11.1 Å². The molecule has 1 aliphatic heterocycles. The summed E-state index contributed by atoms with van der Waals surface area (Å²) in [7, 11) is 2.94. The Morgan fingerprint density at radius 1 is 1.04 bits per heavy atom. The van der Waals surface area contributed by atoms with E-state index in [1.165, 1.54) is 14.2 Å². The van der Waals surface area contributed by atoms with Gasteiger partial charge in [-0.05, 0) is 35.4 Å². The van der Waals surface area contributed by atoms with Crippen molar-refractivity contribution in [3.63, 3.8) is 0 Å². The maximum Gasteiger partial charge on any atom is 0.333 e. The molecule has 2 N–H and O–H groups in total. The van der Waals surface area contributed by atoms with Crippen LogP contribution in [0, 0.1) is 5.92 Å². The third-order valence-corrected chi connectivity index (χ3v) is 4.63. The number of ether oxygens (including phenoxy) is 3. The first-order chi connectivity index (χ1) is 12.5. The lowest BCUT2D eigenvalue weighted by molar-refractivity contribution is -0.135. The van der Waals surface area contributed by atoms with Crippen molar-refractivity contribution in [2.75, 3.05) is 20.8 Å². The second kappa shape index (κ2) is 7.00. The Labute approximate surface area is 151 Å². The van der Waals surface area contributed by atoms with Crippen LogP contribution in [-0.2, 0) is 9.53 Å². The molecule has 0 spiro atoms. The molecular formula is C20H20O6. The first-order valence-corrected chi connectivity index (χ1v) is 8.06. The van der Waals surface area contributed by atoms with Crippen LogP contribution >= 0.6 is 0 Å². The quantitative estimate of drug-likeness (QED) is 0.633. The van der Waals surface area contributed by atoms with Gasteiger partial charge in [0.1, 0.15) is 0 Å². The van der Waals surface area contributed by atoms with E-state index in [-0.39, 0.29) is 29.9 Å². The van der Waals surface area contributed by atoms with Crippen molar-refractivity contribution in [3.05, 3.63) is 59.7 Å². The van der Waals surface area contributed by atoms with Crippen LogP contribution in [-0.4, -0.2) is 37.0 Å². The van der Waals surface area contributed by atoms with Crippen LogP contribution in [0.15, 0.2) is 48.6 Å². The summed E-state index contributed by atoms with van der Waals surface area (Å²) in [6.07, 6.45) is 0. The molecule has 0 aromatic heterocycles. The van der Waals surface area contributed by atoms with Crippen molar-refractivity contribution in [2.45, 2.75) is 5.92 Å². The lowest BCUT2D eigenvalue weighted by Gasteiger charge is -2.24. The van der Waals surface area contributed by atoms with Crippen molar-refractivity contribution < 1.29 is 29.2 Å². The minimum Gasteiger partial charge on any atom is -0.504 e. The van der Waals surface area contributed by atoms with Crippen LogP contribution in [0.1, 0.15) is 17.0 Å². The van der Waals surface area contributed by atoms with Crippen molar-refractivity contribution in [1.29, 1.82) is 0 Å². The van der Waals surface area contributed by atoms with E-state index < -0.39 is 5.97 Å². The average Bonchev–Trinajstić information content (AvgIpc) is 2.97. The van der Waals surface area contributed by atoms with Gasteiger partial charge >= 0.3 is 5.97 Å². The molecule has 2 aromatic rings. The molecule has 1 unspecified atom stereocenters. The number of aromatic hydroxyl groups is 2. The SMILES string of the molecule is C=C1C(=O)OCC1C(c1ccc(O)c(OC)c1)c1ccc(O)c(OC)c1. The number of cyclic esters (lactones) is 1. The summed E-state index contributed by atoms with van der Waals surface area (Å²) >= 11 is 0. The van der Waals surface area contributed by atoms with Gasteiger partial charge in [0.05, 0.1) is 20.8 Å². The molecular weight excluding hydrogens is 336 g/mol. The Hall–Kier alpha value is -3.15. The molecule has 0 saturated carbocycles. The summed E-state index contributed by atoms with van der Waals surface area (Å²) < 4.78 is 15.6. The van der Waals surface area contributed by atoms with E-state index >= 15 is 0 Å². The number of hydrogen-bond acceptors (Lipinski definition) is 6. The van der Waals surface area contributed by atoms with Crippen molar-refractivity contribution in [3.8, 4) is 23.0 Å². The highest BCUT2D eigenvalue weighted by atomic mass is 16.5. The van der Waals surface area contributed by atoms with Crippen LogP contribution in [0.2, 0.25) is 0 Å². The smallest absolute Gasteiger partial charge is 0.333 e. The zero-order valence-electron chi connectivity index (χ0n) is 14.6. The fraction of sp³-hybridized carbons (Fsp3) is 0.250. The highest BCUT2D eigenvalue weighted by Crippen LogP contribution is 2.43. The van der Waals surface area contributed by atoms with Crippen LogP contribution in [0.3, 0.4) is 0 Å². The molecule has 0 radical (unpaired) electrons. The lowest BCUT2D eigenvalue weighted by Crippen LogP contribution is -2.16. The summed E-state index contributed by atoms with van der Waals surface area (Å²) in [5.74, 6) is -0.296. The van der Waals surface area contributed by atoms with E-state index in [2.05, 4.69) is 6.58 Å². The Bertz CT molecular complexity index is 804. The number of phenols is 2. The summed E-state index contributed by atoms with van der Waals surface area (Å²) in [5.41, 5.74) is 2.02. The summed E-state index contributed by atoms with van der Waals surface area (Å²) in [6, 6.07) is 10.0. The zero-order chi connectivity index (χ0) is 18.8. The maximum absolute atomic E-state index is 11.9. The average molecular weight is 356 g/mol. The Balaban J connectivity index is 2.14. The second-order valence-corrected chi connectivity index (χ2v) is 6.07. The summed E-state index contributed by atoms with van der Waals surface area (Å²) in [6.45, 7) is 4.08. The molecule has 1 fully saturated rings. The topological polar surface area (TPSA) is 85.2 Å². The molecule has 0 bridgehead atoms. The van der Waals surface area contributed by atoms with Crippen LogP contribution in [0.25, 0.3) is 0 Å². The number of phenolic OH excluding ortho intramolecular Hbond substituents is 2. The second-order valence-electron chi connectivity index (χ2n) is 6.07. The number of benzene rings is 2. The van der Waals surface area contributed by atoms with E-state index in [1.807, 2.05) is 0 Å². The third-order valence-electron chi connectivity index (χ3n) is 4.63. The fourth-order valence-corrected chi connectivity index (χ4v) is 3.24. The van der Waals surface area contributed by atoms with E-state index in [0.29, 0.717) is 17.1 Å². The van der Waals surface area contributed by atoms with Gasteiger partial charge in [-0.2, -0.15) is 0 Å². The molecule has 1 heterocycles. The standard InChI is InChI=1S/C20H20O6/c1-11-14(10-26-20(11)23)19(12-4-6-15(21)17(8-12)24-2)13-5-7-16(22)18(9-13)25-3/h4-9,14,19,21-22H,1,10H2,2-3H3. The zero-order valence-corrected chi connectivity index (χ0v) is 14.6. The number of carbonyl (C=O) groups excluding carboxylic acids is 1. The van der Waals surface area contributed by atoms with Gasteiger partial charge in [0, 0.05) is 17.4 Å². The number of esters is 1. The molecule has 6 heteroatoms. The largest absolute Gasteiger partial charge is 0.504 e. The van der Waals surface area contributed by atoms with Gasteiger partial charge in [-0.15, -0.1) is 0 Å². The van der Waals surface area contributed by atoms with Crippen molar-refractivity contribution >= 4 is 5.97 Å². The molecule has 6 nitrogen and oxygen atoms in total. The van der Waals surface area contributed by atoms with Gasteiger partial charge in [0.2, 0.25) is 0 Å². The molecule has 0 aliphatic carbocycles. The lowest BCUT2D eigenvalue weighted by atomic mass is 9.78. The van der Waals surface area contributed by atoms with Crippen LogP contribution < -0.4 is 9.47 Å². The Kier molecular flexibility index (Phi) is 4.75. The van der Waals surface area contributed by atoms with Gasteiger partial charge in [-0.25, -0.2) is 4.79 Å². The fourth-order valence-electron chi connectivity index (χ4n) is 3.24.